The van der Waals surface area contributed by atoms with Crippen LogP contribution in [0.15, 0.2) is 60.4 Å². The maximum atomic E-state index is 12.9. The minimum Gasteiger partial charge on any atom is -0.489 e. The predicted octanol–water partition coefficient (Wildman–Crippen LogP) is 4.71. The van der Waals surface area contributed by atoms with E-state index in [1.54, 1.807) is 36.4 Å². The topological polar surface area (TPSA) is 71.6 Å². The predicted molar refractivity (Wildman–Crippen MR) is 109 cm³/mol. The Labute approximate surface area is 170 Å². The summed E-state index contributed by atoms with van der Waals surface area (Å²) in [5.41, 5.74) is 3.38. The van der Waals surface area contributed by atoms with Gasteiger partial charge in [-0.1, -0.05) is 32.9 Å². The first kappa shape index (κ1) is 20.7. The Morgan fingerprint density at radius 1 is 1.14 bits per heavy atom. The number of hydrogen-bond acceptors (Lipinski definition) is 4. The number of benzene rings is 2. The Kier molecular flexibility index (Phi) is 5.79. The van der Waals surface area contributed by atoms with Gasteiger partial charge in [0.25, 0.3) is 0 Å². The van der Waals surface area contributed by atoms with E-state index < -0.39 is 5.66 Å². The molecule has 1 aliphatic heterocycles. The van der Waals surface area contributed by atoms with Gasteiger partial charge in [0.15, 0.2) is 0 Å². The molecule has 3 rings (SSSR count). The number of ether oxygens (including phenoxy) is 1. The summed E-state index contributed by atoms with van der Waals surface area (Å²) in [4.78, 5) is 17.8. The summed E-state index contributed by atoms with van der Waals surface area (Å²) in [5.74, 6) is 1.14. The van der Waals surface area contributed by atoms with E-state index in [9.17, 15) is 9.18 Å². The number of urea groups is 1. The van der Waals surface area contributed by atoms with E-state index in [4.69, 9.17) is 9.57 Å². The van der Waals surface area contributed by atoms with Crippen LogP contribution in [0.4, 0.5) is 14.9 Å². The van der Waals surface area contributed by atoms with Crippen LogP contribution in [-0.4, -0.2) is 11.7 Å². The number of nitrogens with one attached hydrogen (secondary N) is 3. The van der Waals surface area contributed by atoms with Gasteiger partial charge in [-0.3, -0.25) is 0 Å². The van der Waals surface area contributed by atoms with Gasteiger partial charge in [-0.2, -0.15) is 0 Å². The molecular weight excluding hydrogens is 373 g/mol. The van der Waals surface area contributed by atoms with Gasteiger partial charge in [0, 0.05) is 11.1 Å². The summed E-state index contributed by atoms with van der Waals surface area (Å²) in [6.45, 7) is 8.25. The van der Waals surface area contributed by atoms with Crippen LogP contribution >= 0.6 is 0 Å². The number of rotatable bonds is 5. The van der Waals surface area contributed by atoms with Crippen molar-refractivity contribution in [2.45, 2.75) is 40.0 Å². The quantitative estimate of drug-likeness (QED) is 0.681. The van der Waals surface area contributed by atoms with Crippen molar-refractivity contribution in [3.05, 3.63) is 71.7 Å². The third kappa shape index (κ3) is 5.71. The van der Waals surface area contributed by atoms with Crippen LogP contribution < -0.4 is 20.9 Å². The molecule has 6 nitrogen and oxygen atoms in total. The zero-order chi connectivity index (χ0) is 21.1. The molecule has 29 heavy (non-hydrogen) atoms. The molecule has 2 aromatic rings. The van der Waals surface area contributed by atoms with Crippen molar-refractivity contribution in [1.82, 2.24) is 10.8 Å². The minimum atomic E-state index is -0.801. The van der Waals surface area contributed by atoms with Gasteiger partial charge in [0.2, 0.25) is 0 Å². The van der Waals surface area contributed by atoms with Crippen molar-refractivity contribution in [3.63, 3.8) is 0 Å². The van der Waals surface area contributed by atoms with E-state index in [2.05, 4.69) is 16.1 Å². The zero-order valence-electron chi connectivity index (χ0n) is 17.0. The third-order valence-corrected chi connectivity index (χ3v) is 4.34. The summed E-state index contributed by atoms with van der Waals surface area (Å²) in [6, 6.07) is 12.8. The highest BCUT2D eigenvalue weighted by Crippen LogP contribution is 2.31. The fourth-order valence-electron chi connectivity index (χ4n) is 2.69. The smallest absolute Gasteiger partial charge is 0.321 e. The minimum absolute atomic E-state index is 0.160. The number of hydroxylamine groups is 1. The van der Waals surface area contributed by atoms with Gasteiger partial charge < -0.3 is 20.2 Å². The molecule has 0 aliphatic carbocycles. The molecule has 3 N–H and O–H groups in total. The average Bonchev–Trinajstić information content (AvgIpc) is 3.04. The fourth-order valence-corrected chi connectivity index (χ4v) is 2.69. The Bertz CT molecular complexity index is 889. The number of carbonyl (C=O) groups is 1. The summed E-state index contributed by atoms with van der Waals surface area (Å²) < 4.78 is 18.6. The first-order chi connectivity index (χ1) is 13.6. The number of halogens is 1. The van der Waals surface area contributed by atoms with Crippen molar-refractivity contribution in [2.75, 3.05) is 5.32 Å². The van der Waals surface area contributed by atoms with Crippen molar-refractivity contribution in [2.24, 2.45) is 5.41 Å². The van der Waals surface area contributed by atoms with Gasteiger partial charge >= 0.3 is 6.03 Å². The molecule has 0 saturated heterocycles. The van der Waals surface area contributed by atoms with Crippen molar-refractivity contribution >= 4 is 11.7 Å². The third-order valence-electron chi connectivity index (χ3n) is 4.34. The molecule has 7 heteroatoms. The second kappa shape index (κ2) is 8.13. The highest BCUT2D eigenvalue weighted by Gasteiger charge is 2.35. The maximum Gasteiger partial charge on any atom is 0.321 e. The molecule has 0 aromatic heterocycles. The van der Waals surface area contributed by atoms with Crippen LogP contribution in [0.2, 0.25) is 0 Å². The molecule has 2 amide bonds. The van der Waals surface area contributed by atoms with Gasteiger partial charge in [0.05, 0.1) is 0 Å². The summed E-state index contributed by atoms with van der Waals surface area (Å²) in [5, 5.41) is 5.63. The van der Waals surface area contributed by atoms with E-state index in [1.807, 2.05) is 33.8 Å². The number of hydrogen-bond donors (Lipinski definition) is 3. The Morgan fingerprint density at radius 2 is 1.79 bits per heavy atom. The average molecular weight is 399 g/mol. The Balaban J connectivity index is 1.52. The lowest BCUT2D eigenvalue weighted by Gasteiger charge is -2.22. The standard InChI is InChI=1S/C22H26FN3O3/c1-21(2,3)19-13-22(4,26-29-19)25-20(27)24-17-9-11-18(12-10-17)28-14-15-5-7-16(23)8-6-15/h5-13,26H,14H2,1-4H3,(H2,24,25,27). The molecule has 1 heterocycles. The largest absolute Gasteiger partial charge is 0.489 e. The molecule has 0 fully saturated rings. The Hall–Kier alpha value is -3.06. The van der Waals surface area contributed by atoms with Crippen LogP contribution in [0.3, 0.4) is 0 Å². The van der Waals surface area contributed by atoms with Gasteiger partial charge in [-0.05, 0) is 55.0 Å². The lowest BCUT2D eigenvalue weighted by atomic mass is 9.92. The highest BCUT2D eigenvalue weighted by atomic mass is 19.1. The molecule has 154 valence electrons. The number of amides is 2. The first-order valence-electron chi connectivity index (χ1n) is 9.37. The van der Waals surface area contributed by atoms with Gasteiger partial charge in [-0.15, -0.1) is 5.48 Å². The molecule has 1 aliphatic rings. The van der Waals surface area contributed by atoms with Crippen molar-refractivity contribution in [1.29, 1.82) is 0 Å². The van der Waals surface area contributed by atoms with Crippen LogP contribution in [-0.2, 0) is 11.4 Å². The normalized spacial score (nSPS) is 18.6. The Morgan fingerprint density at radius 3 is 2.38 bits per heavy atom. The maximum absolute atomic E-state index is 12.9. The van der Waals surface area contributed by atoms with E-state index >= 15 is 0 Å². The second-order valence-electron chi connectivity index (χ2n) is 8.18. The van der Waals surface area contributed by atoms with Gasteiger partial charge in [0.1, 0.15) is 29.6 Å². The second-order valence-corrected chi connectivity index (χ2v) is 8.18. The molecular formula is C22H26FN3O3. The summed E-state index contributed by atoms with van der Waals surface area (Å²) >= 11 is 0. The van der Waals surface area contributed by atoms with E-state index in [-0.39, 0.29) is 17.3 Å². The zero-order valence-corrected chi connectivity index (χ0v) is 17.0. The number of allylic oxidation sites excluding steroid dienone is 1. The first-order valence-corrected chi connectivity index (χ1v) is 9.37. The summed E-state index contributed by atoms with van der Waals surface area (Å²) in [7, 11) is 0. The van der Waals surface area contributed by atoms with Crippen LogP contribution in [0.5, 0.6) is 5.75 Å². The van der Waals surface area contributed by atoms with Crippen molar-refractivity contribution in [3.8, 4) is 5.75 Å². The monoisotopic (exact) mass is 399 g/mol. The van der Waals surface area contributed by atoms with Crippen LogP contribution in [0, 0.1) is 11.2 Å². The molecule has 0 bridgehead atoms. The molecule has 1 unspecified atom stereocenters. The number of carbonyl (C=O) groups excluding carboxylic acids is 1. The SMILES string of the molecule is CC1(NC(=O)Nc2ccc(OCc3ccc(F)cc3)cc2)C=C(C(C)(C)C)ON1. The molecule has 0 radical (unpaired) electrons. The van der Waals surface area contributed by atoms with Crippen LogP contribution in [0.25, 0.3) is 0 Å². The summed E-state index contributed by atoms with van der Waals surface area (Å²) in [6.07, 6.45) is 1.86. The van der Waals surface area contributed by atoms with E-state index in [0.29, 0.717) is 18.0 Å². The van der Waals surface area contributed by atoms with Gasteiger partial charge in [-0.25, -0.2) is 9.18 Å². The lowest BCUT2D eigenvalue weighted by molar-refractivity contribution is 0.0493. The van der Waals surface area contributed by atoms with Crippen molar-refractivity contribution < 1.29 is 18.8 Å². The van der Waals surface area contributed by atoms with E-state index in [0.717, 1.165) is 11.3 Å². The highest BCUT2D eigenvalue weighted by molar-refractivity contribution is 5.90. The number of anilines is 1. The lowest BCUT2D eigenvalue weighted by Crippen LogP contribution is -2.53. The molecule has 2 aromatic carbocycles. The molecule has 1 atom stereocenters. The fraction of sp³-hybridized carbons (Fsp3) is 0.318. The van der Waals surface area contributed by atoms with Crippen LogP contribution in [0.1, 0.15) is 33.3 Å². The molecule has 0 spiro atoms. The van der Waals surface area contributed by atoms with E-state index in [1.165, 1.54) is 12.1 Å². The molecule has 0 saturated carbocycles.